The molecule has 0 atom stereocenters. The average Bonchev–Trinajstić information content (AvgIpc) is 3.23. The molecule has 3 rings (SSSR count). The highest BCUT2D eigenvalue weighted by molar-refractivity contribution is 5.69. The second kappa shape index (κ2) is 6.02. The Morgan fingerprint density at radius 3 is 2.76 bits per heavy atom. The van der Waals surface area contributed by atoms with Crippen LogP contribution in [0.4, 0.5) is 0 Å². The maximum absolute atomic E-state index is 4.56. The highest BCUT2D eigenvalue weighted by Crippen LogP contribution is 2.29. The first-order chi connectivity index (χ1) is 10.2. The summed E-state index contributed by atoms with van der Waals surface area (Å²) in [5, 5.41) is 8.18. The topological polar surface area (TPSA) is 29.9 Å². The van der Waals surface area contributed by atoms with E-state index in [9.17, 15) is 0 Å². The molecule has 1 aromatic carbocycles. The number of aromatic nitrogens is 2. The highest BCUT2D eigenvalue weighted by atomic mass is 15.3. The number of rotatable bonds is 6. The van der Waals surface area contributed by atoms with Crippen LogP contribution in [0.5, 0.6) is 0 Å². The molecular weight excluding hydrogens is 258 g/mol. The van der Waals surface area contributed by atoms with E-state index in [-0.39, 0.29) is 0 Å². The van der Waals surface area contributed by atoms with Crippen molar-refractivity contribution in [2.75, 3.05) is 0 Å². The van der Waals surface area contributed by atoms with Gasteiger partial charge in [0.2, 0.25) is 0 Å². The molecule has 0 bridgehead atoms. The second-order valence-corrected chi connectivity index (χ2v) is 6.18. The van der Waals surface area contributed by atoms with Crippen LogP contribution in [0, 0.1) is 13.8 Å². The van der Waals surface area contributed by atoms with E-state index in [0.29, 0.717) is 0 Å². The first-order valence-electron chi connectivity index (χ1n) is 8.04. The fourth-order valence-corrected chi connectivity index (χ4v) is 2.79. The summed E-state index contributed by atoms with van der Waals surface area (Å²) in [6, 6.07) is 7.50. The SMILES string of the molecule is CCCn1ncc(-c2cc(C)ccc2CNC2CC2)c1C. The number of aryl methyl sites for hydroxylation is 2. The lowest BCUT2D eigenvalue weighted by Gasteiger charge is -2.12. The van der Waals surface area contributed by atoms with E-state index in [4.69, 9.17) is 0 Å². The van der Waals surface area contributed by atoms with Crippen LogP contribution in [0.15, 0.2) is 24.4 Å². The molecule has 1 aromatic heterocycles. The van der Waals surface area contributed by atoms with Crippen molar-refractivity contribution in [2.45, 2.75) is 59.2 Å². The minimum Gasteiger partial charge on any atom is -0.310 e. The smallest absolute Gasteiger partial charge is 0.0571 e. The van der Waals surface area contributed by atoms with Gasteiger partial charge in [0.1, 0.15) is 0 Å². The van der Waals surface area contributed by atoms with Crippen molar-refractivity contribution >= 4 is 0 Å². The van der Waals surface area contributed by atoms with Gasteiger partial charge in [-0.15, -0.1) is 0 Å². The molecule has 21 heavy (non-hydrogen) atoms. The van der Waals surface area contributed by atoms with E-state index in [1.54, 1.807) is 0 Å². The van der Waals surface area contributed by atoms with Crippen LogP contribution in [0.2, 0.25) is 0 Å². The van der Waals surface area contributed by atoms with Crippen molar-refractivity contribution < 1.29 is 0 Å². The number of benzene rings is 1. The summed E-state index contributed by atoms with van der Waals surface area (Å²) >= 11 is 0. The Bertz CT molecular complexity index is 623. The molecule has 1 saturated carbocycles. The predicted molar refractivity (Wildman–Crippen MR) is 87.3 cm³/mol. The van der Waals surface area contributed by atoms with Gasteiger partial charge >= 0.3 is 0 Å². The van der Waals surface area contributed by atoms with Crippen molar-refractivity contribution in [3.63, 3.8) is 0 Å². The number of nitrogens with one attached hydrogen (secondary N) is 1. The Balaban J connectivity index is 1.93. The molecule has 112 valence electrons. The van der Waals surface area contributed by atoms with Gasteiger partial charge < -0.3 is 5.32 Å². The number of hydrogen-bond donors (Lipinski definition) is 1. The van der Waals surface area contributed by atoms with Gasteiger partial charge in [-0.2, -0.15) is 5.10 Å². The van der Waals surface area contributed by atoms with Crippen LogP contribution < -0.4 is 5.32 Å². The van der Waals surface area contributed by atoms with E-state index in [2.05, 4.69) is 54.1 Å². The van der Waals surface area contributed by atoms with Gasteiger partial charge in [0.15, 0.2) is 0 Å². The Hall–Kier alpha value is -1.61. The average molecular weight is 283 g/mol. The fraction of sp³-hybridized carbons (Fsp3) is 0.500. The van der Waals surface area contributed by atoms with Crippen LogP contribution >= 0.6 is 0 Å². The first-order valence-corrected chi connectivity index (χ1v) is 8.04. The molecule has 1 heterocycles. The third-order valence-corrected chi connectivity index (χ3v) is 4.25. The lowest BCUT2D eigenvalue weighted by molar-refractivity contribution is 0.587. The van der Waals surface area contributed by atoms with E-state index >= 15 is 0 Å². The Kier molecular flexibility index (Phi) is 4.11. The third-order valence-electron chi connectivity index (χ3n) is 4.25. The molecule has 3 heteroatoms. The lowest BCUT2D eigenvalue weighted by atomic mass is 9.98. The van der Waals surface area contributed by atoms with Crippen molar-refractivity contribution in [1.29, 1.82) is 0 Å². The molecule has 0 amide bonds. The van der Waals surface area contributed by atoms with Crippen LogP contribution in [-0.2, 0) is 13.1 Å². The van der Waals surface area contributed by atoms with Crippen LogP contribution in [0.25, 0.3) is 11.1 Å². The summed E-state index contributed by atoms with van der Waals surface area (Å²) < 4.78 is 2.12. The van der Waals surface area contributed by atoms with Gasteiger partial charge in [0.25, 0.3) is 0 Å². The minimum absolute atomic E-state index is 0.739. The summed E-state index contributed by atoms with van der Waals surface area (Å²) in [6.45, 7) is 8.48. The van der Waals surface area contributed by atoms with Crippen molar-refractivity contribution in [2.24, 2.45) is 0 Å². The summed E-state index contributed by atoms with van der Waals surface area (Å²) in [5.41, 5.74) is 6.58. The monoisotopic (exact) mass is 283 g/mol. The normalized spacial score (nSPS) is 14.6. The van der Waals surface area contributed by atoms with E-state index < -0.39 is 0 Å². The second-order valence-electron chi connectivity index (χ2n) is 6.18. The van der Waals surface area contributed by atoms with Crippen molar-refractivity contribution in [1.82, 2.24) is 15.1 Å². The summed E-state index contributed by atoms with van der Waals surface area (Å²) in [5.74, 6) is 0. The van der Waals surface area contributed by atoms with Gasteiger partial charge in [0, 0.05) is 30.4 Å². The van der Waals surface area contributed by atoms with E-state index in [0.717, 1.165) is 25.6 Å². The first kappa shape index (κ1) is 14.3. The summed E-state index contributed by atoms with van der Waals surface area (Å²) in [4.78, 5) is 0. The molecule has 0 aliphatic heterocycles. The lowest BCUT2D eigenvalue weighted by Crippen LogP contribution is -2.16. The van der Waals surface area contributed by atoms with Crippen LogP contribution in [0.3, 0.4) is 0 Å². The Morgan fingerprint density at radius 2 is 2.05 bits per heavy atom. The van der Waals surface area contributed by atoms with Crippen molar-refractivity contribution in [3.8, 4) is 11.1 Å². The van der Waals surface area contributed by atoms with Crippen LogP contribution in [0.1, 0.15) is 43.0 Å². The zero-order chi connectivity index (χ0) is 14.8. The van der Waals surface area contributed by atoms with Crippen molar-refractivity contribution in [3.05, 3.63) is 41.2 Å². The predicted octanol–water partition coefficient (Wildman–Crippen LogP) is 3.83. The molecule has 0 unspecified atom stereocenters. The zero-order valence-electron chi connectivity index (χ0n) is 13.3. The molecule has 1 aliphatic carbocycles. The van der Waals surface area contributed by atoms with E-state index in [1.165, 1.54) is 40.8 Å². The quantitative estimate of drug-likeness (QED) is 0.873. The fourth-order valence-electron chi connectivity index (χ4n) is 2.79. The minimum atomic E-state index is 0.739. The van der Waals surface area contributed by atoms with Crippen LogP contribution in [-0.4, -0.2) is 15.8 Å². The molecule has 0 saturated heterocycles. The zero-order valence-corrected chi connectivity index (χ0v) is 13.3. The summed E-state index contributed by atoms with van der Waals surface area (Å²) in [7, 11) is 0. The number of nitrogens with zero attached hydrogens (tertiary/aromatic N) is 2. The molecule has 1 fully saturated rings. The Labute approximate surface area is 127 Å². The van der Waals surface area contributed by atoms with Gasteiger partial charge in [-0.3, -0.25) is 4.68 Å². The highest BCUT2D eigenvalue weighted by Gasteiger charge is 2.21. The van der Waals surface area contributed by atoms with Gasteiger partial charge in [-0.25, -0.2) is 0 Å². The molecule has 0 spiro atoms. The third kappa shape index (κ3) is 3.18. The molecule has 0 radical (unpaired) electrons. The molecule has 1 N–H and O–H groups in total. The van der Waals surface area contributed by atoms with E-state index in [1.807, 2.05) is 6.20 Å². The summed E-state index contributed by atoms with van der Waals surface area (Å²) in [6.07, 6.45) is 5.80. The van der Waals surface area contributed by atoms with Gasteiger partial charge in [0.05, 0.1) is 6.20 Å². The molecule has 3 nitrogen and oxygen atoms in total. The molecular formula is C18H25N3. The van der Waals surface area contributed by atoms with Gasteiger partial charge in [-0.05, 0) is 44.2 Å². The Morgan fingerprint density at radius 1 is 1.24 bits per heavy atom. The largest absolute Gasteiger partial charge is 0.310 e. The van der Waals surface area contributed by atoms with Gasteiger partial charge in [-0.1, -0.05) is 30.7 Å². The maximum atomic E-state index is 4.56. The molecule has 2 aromatic rings. The maximum Gasteiger partial charge on any atom is 0.0571 e. The standard InChI is InChI=1S/C18H25N3/c1-4-9-21-14(3)18(12-20-21)17-10-13(2)5-6-15(17)11-19-16-7-8-16/h5-6,10,12,16,19H,4,7-9,11H2,1-3H3. The number of hydrogen-bond acceptors (Lipinski definition) is 2. The molecule has 1 aliphatic rings.